The molecule has 102 valence electrons. The minimum Gasteiger partial charge on any atom is -0.356 e. The lowest BCUT2D eigenvalue weighted by Gasteiger charge is -2.06. The molecule has 6 heteroatoms. The number of nitrogens with one attached hydrogen (secondary N) is 1. The van der Waals surface area contributed by atoms with Crippen molar-refractivity contribution < 1.29 is 4.74 Å². The van der Waals surface area contributed by atoms with Crippen LogP contribution in [0.2, 0.25) is 5.28 Å². The Morgan fingerprint density at radius 3 is 2.85 bits per heavy atom. The van der Waals surface area contributed by atoms with E-state index in [1.54, 1.807) is 16.8 Å². The third-order valence-corrected chi connectivity index (χ3v) is 3.11. The average Bonchev–Trinajstić information content (AvgIpc) is 2.83. The van der Waals surface area contributed by atoms with Gasteiger partial charge in [-0.05, 0) is 23.2 Å². The minimum absolute atomic E-state index is 0.0884. The molecular formula is C14H12ClN3O2. The van der Waals surface area contributed by atoms with Crippen molar-refractivity contribution in [3.05, 3.63) is 63.8 Å². The Bertz CT molecular complexity index is 780. The molecule has 0 amide bonds. The highest BCUT2D eigenvalue weighted by molar-refractivity contribution is 6.28. The summed E-state index contributed by atoms with van der Waals surface area (Å²) in [4.78, 5) is 18.4. The maximum Gasteiger partial charge on any atom is 0.276 e. The van der Waals surface area contributed by atoms with Gasteiger partial charge < -0.3 is 9.30 Å². The van der Waals surface area contributed by atoms with Crippen molar-refractivity contribution in [3.8, 4) is 0 Å². The maximum atomic E-state index is 11.9. The number of H-pyrrole nitrogens is 1. The number of aromatic amines is 1. The first-order valence-corrected chi connectivity index (χ1v) is 6.48. The van der Waals surface area contributed by atoms with Gasteiger partial charge in [-0.25, -0.2) is 4.98 Å². The summed E-state index contributed by atoms with van der Waals surface area (Å²) in [5, 5.41) is 0.0884. The number of nitrogens with zero attached hydrogens (tertiary/aromatic N) is 2. The molecule has 0 aliphatic heterocycles. The molecule has 0 saturated heterocycles. The van der Waals surface area contributed by atoms with E-state index in [9.17, 15) is 4.79 Å². The van der Waals surface area contributed by atoms with Crippen LogP contribution in [0.4, 0.5) is 0 Å². The molecule has 1 aromatic carbocycles. The van der Waals surface area contributed by atoms with Crippen molar-refractivity contribution in [2.24, 2.45) is 0 Å². The first-order valence-electron chi connectivity index (χ1n) is 6.10. The van der Waals surface area contributed by atoms with Gasteiger partial charge in [-0.3, -0.25) is 9.78 Å². The van der Waals surface area contributed by atoms with Gasteiger partial charge in [0.1, 0.15) is 12.2 Å². The van der Waals surface area contributed by atoms with Crippen LogP contribution in [0.3, 0.4) is 0 Å². The monoisotopic (exact) mass is 289 g/mol. The Kier molecular flexibility index (Phi) is 3.54. The van der Waals surface area contributed by atoms with Gasteiger partial charge in [0.15, 0.2) is 0 Å². The number of ether oxygens (including phenoxy) is 1. The summed E-state index contributed by atoms with van der Waals surface area (Å²) in [5.41, 5.74) is 1.83. The van der Waals surface area contributed by atoms with Crippen LogP contribution < -0.4 is 5.56 Å². The smallest absolute Gasteiger partial charge is 0.276 e. The van der Waals surface area contributed by atoms with Crippen LogP contribution in [0.25, 0.3) is 11.0 Å². The van der Waals surface area contributed by atoms with Crippen molar-refractivity contribution >= 4 is 22.6 Å². The number of hydrogen-bond acceptors (Lipinski definition) is 3. The zero-order valence-electron chi connectivity index (χ0n) is 10.5. The second-order valence-electron chi connectivity index (χ2n) is 4.34. The van der Waals surface area contributed by atoms with Gasteiger partial charge in [0.05, 0.1) is 12.1 Å². The summed E-state index contributed by atoms with van der Waals surface area (Å²) in [6.07, 6.45) is 1.76. The minimum atomic E-state index is -0.270. The Hall–Kier alpha value is -2.11. The van der Waals surface area contributed by atoms with Crippen LogP contribution >= 0.6 is 11.6 Å². The molecule has 0 unspecified atom stereocenters. The summed E-state index contributed by atoms with van der Waals surface area (Å²) in [6.45, 7) is 0.768. The van der Waals surface area contributed by atoms with E-state index in [1.165, 1.54) is 0 Å². The molecule has 1 N–H and O–H groups in total. The van der Waals surface area contributed by atoms with Gasteiger partial charge in [0, 0.05) is 6.20 Å². The molecule has 2 aromatic heterocycles. The molecule has 3 aromatic rings. The lowest BCUT2D eigenvalue weighted by Crippen LogP contribution is -2.13. The van der Waals surface area contributed by atoms with Gasteiger partial charge in [-0.1, -0.05) is 30.3 Å². The van der Waals surface area contributed by atoms with Gasteiger partial charge in [0.25, 0.3) is 5.56 Å². The second-order valence-corrected chi connectivity index (χ2v) is 4.70. The first kappa shape index (κ1) is 12.9. The lowest BCUT2D eigenvalue weighted by atomic mass is 10.2. The van der Waals surface area contributed by atoms with E-state index in [0.717, 1.165) is 5.56 Å². The topological polar surface area (TPSA) is 59.9 Å². The average molecular weight is 290 g/mol. The molecular weight excluding hydrogens is 278 g/mol. The third kappa shape index (κ3) is 2.59. The molecule has 0 saturated carbocycles. The van der Waals surface area contributed by atoms with E-state index in [4.69, 9.17) is 16.3 Å². The van der Waals surface area contributed by atoms with Crippen LogP contribution in [0, 0.1) is 0 Å². The van der Waals surface area contributed by atoms with Gasteiger partial charge in [0.2, 0.25) is 5.28 Å². The van der Waals surface area contributed by atoms with E-state index in [0.29, 0.717) is 17.6 Å². The van der Waals surface area contributed by atoms with Crippen LogP contribution in [0.5, 0.6) is 0 Å². The van der Waals surface area contributed by atoms with Crippen LogP contribution in [-0.4, -0.2) is 14.5 Å². The number of benzene rings is 1. The first-order chi connectivity index (χ1) is 9.74. The number of halogens is 1. The Morgan fingerprint density at radius 2 is 2.05 bits per heavy atom. The standard InChI is InChI=1S/C14H12ClN3O2/c15-14-16-11-6-7-18(12(11)13(19)17-14)9-20-8-10-4-2-1-3-5-10/h1-7H,8-9H2,(H,16,17,19). The highest BCUT2D eigenvalue weighted by Crippen LogP contribution is 2.11. The summed E-state index contributed by atoms with van der Waals surface area (Å²) < 4.78 is 7.32. The summed E-state index contributed by atoms with van der Waals surface area (Å²) in [7, 11) is 0. The zero-order valence-corrected chi connectivity index (χ0v) is 11.3. The molecule has 0 atom stereocenters. The number of hydrogen-bond donors (Lipinski definition) is 1. The van der Waals surface area contributed by atoms with Crippen molar-refractivity contribution in [2.75, 3.05) is 0 Å². The predicted molar refractivity (Wildman–Crippen MR) is 76.6 cm³/mol. The quantitative estimate of drug-likeness (QED) is 0.751. The summed E-state index contributed by atoms with van der Waals surface area (Å²) >= 11 is 5.71. The summed E-state index contributed by atoms with van der Waals surface area (Å²) in [5.74, 6) is 0. The molecule has 3 rings (SSSR count). The van der Waals surface area contributed by atoms with Crippen molar-refractivity contribution in [3.63, 3.8) is 0 Å². The SMILES string of the molecule is O=c1[nH]c(Cl)nc2ccn(COCc3ccccc3)c12. The Morgan fingerprint density at radius 1 is 1.25 bits per heavy atom. The predicted octanol–water partition coefficient (Wildman–Crippen LogP) is 2.55. The van der Waals surface area contributed by atoms with Crippen LogP contribution in [0.15, 0.2) is 47.4 Å². The highest BCUT2D eigenvalue weighted by Gasteiger charge is 2.08. The van der Waals surface area contributed by atoms with Crippen molar-refractivity contribution in [2.45, 2.75) is 13.3 Å². The Balaban J connectivity index is 1.77. The normalized spacial score (nSPS) is 11.1. The largest absolute Gasteiger partial charge is 0.356 e. The van der Waals surface area contributed by atoms with Crippen molar-refractivity contribution in [1.82, 2.24) is 14.5 Å². The highest BCUT2D eigenvalue weighted by atomic mass is 35.5. The fraction of sp³-hybridized carbons (Fsp3) is 0.143. The molecule has 5 nitrogen and oxygen atoms in total. The Labute approximate surface area is 119 Å². The third-order valence-electron chi connectivity index (χ3n) is 2.93. The van der Waals surface area contributed by atoms with E-state index in [-0.39, 0.29) is 17.6 Å². The molecule has 2 heterocycles. The molecule has 0 aliphatic carbocycles. The van der Waals surface area contributed by atoms with Gasteiger partial charge >= 0.3 is 0 Å². The molecule has 0 spiro atoms. The molecule has 0 radical (unpaired) electrons. The number of aromatic nitrogens is 3. The molecule has 0 fully saturated rings. The van der Waals surface area contributed by atoms with Crippen LogP contribution in [-0.2, 0) is 18.1 Å². The summed E-state index contributed by atoms with van der Waals surface area (Å²) in [6, 6.07) is 11.6. The van der Waals surface area contributed by atoms with Crippen molar-refractivity contribution in [1.29, 1.82) is 0 Å². The maximum absolute atomic E-state index is 11.9. The van der Waals surface area contributed by atoms with E-state index in [2.05, 4.69) is 9.97 Å². The van der Waals surface area contributed by atoms with Gasteiger partial charge in [-0.2, -0.15) is 0 Å². The fourth-order valence-corrected chi connectivity index (χ4v) is 2.21. The van der Waals surface area contributed by atoms with Gasteiger partial charge in [-0.15, -0.1) is 0 Å². The lowest BCUT2D eigenvalue weighted by molar-refractivity contribution is 0.0667. The molecule has 0 aliphatic rings. The second kappa shape index (κ2) is 5.48. The van der Waals surface area contributed by atoms with Crippen LogP contribution in [0.1, 0.15) is 5.56 Å². The number of rotatable bonds is 4. The fourth-order valence-electron chi connectivity index (χ4n) is 2.03. The molecule has 0 bridgehead atoms. The van der Waals surface area contributed by atoms with E-state index < -0.39 is 0 Å². The van der Waals surface area contributed by atoms with E-state index >= 15 is 0 Å². The van der Waals surface area contributed by atoms with E-state index in [1.807, 2.05) is 30.3 Å². The molecule has 20 heavy (non-hydrogen) atoms. The zero-order chi connectivity index (χ0) is 13.9. The number of fused-ring (bicyclic) bond motifs is 1.